The second-order valence-corrected chi connectivity index (χ2v) is 8.76. The minimum atomic E-state index is -1.71. The highest BCUT2D eigenvalue weighted by Gasteiger charge is 2.47. The molecule has 0 aliphatic heterocycles. The van der Waals surface area contributed by atoms with Crippen LogP contribution in [0, 0.1) is 23.0 Å². The number of hydrogen-bond acceptors (Lipinski definition) is 8. The molecule has 0 bridgehead atoms. The standard InChI is InChI=1S/C25H21F2N5O3S/c1-3-34-24(33)35-25(13-32-15-29-14-30-32,20-9-8-19(26)10-21(20)27)16(2)23-31-22(12-36-23)18-6-4-17(11-28)5-7-18/h4-10,12,14-16H,3,13H2,1-2H3/t16?,25-/m1/s1. The van der Waals surface area contributed by atoms with Crippen molar-refractivity contribution in [2.24, 2.45) is 0 Å². The van der Waals surface area contributed by atoms with Gasteiger partial charge in [-0.25, -0.2) is 28.2 Å². The first-order chi connectivity index (χ1) is 17.4. The molecule has 0 saturated carbocycles. The second kappa shape index (κ2) is 10.6. The molecule has 0 saturated heterocycles. The molecule has 4 aromatic rings. The van der Waals surface area contributed by atoms with Crippen molar-refractivity contribution < 1.29 is 23.0 Å². The van der Waals surface area contributed by atoms with E-state index >= 15 is 4.39 Å². The molecule has 0 aliphatic rings. The Balaban J connectivity index is 1.83. The number of carbonyl (C=O) groups excluding carboxylic acids is 1. The molecule has 4 rings (SSSR count). The predicted molar refractivity (Wildman–Crippen MR) is 127 cm³/mol. The Morgan fingerprint density at radius 1 is 1.25 bits per heavy atom. The number of hydrogen-bond donors (Lipinski definition) is 0. The predicted octanol–water partition coefficient (Wildman–Crippen LogP) is 5.42. The molecule has 2 heterocycles. The maximum atomic E-state index is 15.3. The van der Waals surface area contributed by atoms with Gasteiger partial charge in [-0.15, -0.1) is 11.3 Å². The molecule has 11 heteroatoms. The van der Waals surface area contributed by atoms with Crippen molar-refractivity contribution in [3.05, 3.63) is 88.3 Å². The van der Waals surface area contributed by atoms with Crippen LogP contribution >= 0.6 is 11.3 Å². The fourth-order valence-electron chi connectivity index (χ4n) is 3.85. The van der Waals surface area contributed by atoms with E-state index in [0.717, 1.165) is 17.7 Å². The normalized spacial score (nSPS) is 13.4. The molecule has 0 fully saturated rings. The summed E-state index contributed by atoms with van der Waals surface area (Å²) in [6.07, 6.45) is 1.69. The molecule has 0 amide bonds. The lowest BCUT2D eigenvalue weighted by atomic mass is 9.81. The molecule has 2 aromatic carbocycles. The van der Waals surface area contributed by atoms with Crippen LogP contribution in [0.25, 0.3) is 11.3 Å². The van der Waals surface area contributed by atoms with Gasteiger partial charge in [-0.05, 0) is 31.2 Å². The van der Waals surface area contributed by atoms with Crippen molar-refractivity contribution in [2.45, 2.75) is 31.9 Å². The van der Waals surface area contributed by atoms with Gasteiger partial charge in [-0.2, -0.15) is 10.4 Å². The highest BCUT2D eigenvalue weighted by atomic mass is 32.1. The number of aromatic nitrogens is 4. The molecule has 8 nitrogen and oxygen atoms in total. The van der Waals surface area contributed by atoms with Crippen molar-refractivity contribution in [1.82, 2.24) is 19.7 Å². The average molecular weight is 510 g/mol. The van der Waals surface area contributed by atoms with Crippen LogP contribution in [0.1, 0.15) is 35.9 Å². The number of rotatable bonds is 8. The lowest BCUT2D eigenvalue weighted by Crippen LogP contribution is -2.43. The van der Waals surface area contributed by atoms with Gasteiger partial charge in [0.05, 0.1) is 36.4 Å². The Morgan fingerprint density at radius 2 is 2.03 bits per heavy atom. The Morgan fingerprint density at radius 3 is 2.67 bits per heavy atom. The number of ether oxygens (including phenoxy) is 2. The fourth-order valence-corrected chi connectivity index (χ4v) is 4.82. The van der Waals surface area contributed by atoms with E-state index in [0.29, 0.717) is 16.3 Å². The van der Waals surface area contributed by atoms with Gasteiger partial charge in [0, 0.05) is 22.6 Å². The molecule has 1 unspecified atom stereocenters. The van der Waals surface area contributed by atoms with Crippen LogP contribution in [-0.4, -0.2) is 32.5 Å². The van der Waals surface area contributed by atoms with Gasteiger partial charge in [0.1, 0.15) is 29.3 Å². The third-order valence-corrected chi connectivity index (χ3v) is 6.71. The molecular formula is C25H21F2N5O3S. The monoisotopic (exact) mass is 509 g/mol. The molecule has 0 N–H and O–H groups in total. The smallest absolute Gasteiger partial charge is 0.435 e. The number of thiazole rings is 1. The summed E-state index contributed by atoms with van der Waals surface area (Å²) < 4.78 is 41.4. The van der Waals surface area contributed by atoms with E-state index in [1.165, 1.54) is 34.7 Å². The summed E-state index contributed by atoms with van der Waals surface area (Å²) in [7, 11) is 0. The summed E-state index contributed by atoms with van der Waals surface area (Å²) >= 11 is 1.30. The minimum absolute atomic E-state index is 0.0403. The lowest BCUT2D eigenvalue weighted by Gasteiger charge is -2.37. The van der Waals surface area contributed by atoms with Gasteiger partial charge in [-0.1, -0.05) is 19.1 Å². The van der Waals surface area contributed by atoms with E-state index < -0.39 is 29.3 Å². The number of halogens is 2. The van der Waals surface area contributed by atoms with E-state index in [-0.39, 0.29) is 18.7 Å². The van der Waals surface area contributed by atoms with E-state index in [4.69, 9.17) is 19.7 Å². The van der Waals surface area contributed by atoms with Crippen LogP contribution in [0.4, 0.5) is 13.6 Å². The third-order valence-electron chi connectivity index (χ3n) is 5.68. The summed E-state index contributed by atoms with van der Waals surface area (Å²) in [4.78, 5) is 21.3. The first-order valence-corrected chi connectivity index (χ1v) is 11.8. The van der Waals surface area contributed by atoms with Gasteiger partial charge in [0.2, 0.25) is 0 Å². The first-order valence-electron chi connectivity index (χ1n) is 11.0. The van der Waals surface area contributed by atoms with Crippen LogP contribution in [0.15, 0.2) is 60.5 Å². The summed E-state index contributed by atoms with van der Waals surface area (Å²) in [6, 6.07) is 12.1. The van der Waals surface area contributed by atoms with Crippen LogP contribution in [0.3, 0.4) is 0 Å². The number of nitrogens with zero attached hydrogens (tertiary/aromatic N) is 5. The Bertz CT molecular complexity index is 1390. The zero-order chi connectivity index (χ0) is 25.7. The highest BCUT2D eigenvalue weighted by molar-refractivity contribution is 7.10. The Labute approximate surface area is 209 Å². The zero-order valence-electron chi connectivity index (χ0n) is 19.4. The second-order valence-electron chi connectivity index (χ2n) is 7.87. The molecule has 2 atom stereocenters. The Hall–Kier alpha value is -4.17. The van der Waals surface area contributed by atoms with Gasteiger partial charge in [0.15, 0.2) is 5.60 Å². The summed E-state index contributed by atoms with van der Waals surface area (Å²) in [5.74, 6) is -2.38. The third kappa shape index (κ3) is 5.08. The summed E-state index contributed by atoms with van der Waals surface area (Å²) in [6.45, 7) is 3.26. The van der Waals surface area contributed by atoms with Crippen LogP contribution < -0.4 is 0 Å². The van der Waals surface area contributed by atoms with E-state index in [9.17, 15) is 9.18 Å². The van der Waals surface area contributed by atoms with Crippen molar-refractivity contribution in [1.29, 1.82) is 5.26 Å². The molecular weight excluding hydrogens is 488 g/mol. The van der Waals surface area contributed by atoms with Crippen molar-refractivity contribution in [2.75, 3.05) is 6.61 Å². The minimum Gasteiger partial charge on any atom is -0.435 e. The topological polar surface area (TPSA) is 103 Å². The molecule has 36 heavy (non-hydrogen) atoms. The molecule has 0 aliphatic carbocycles. The van der Waals surface area contributed by atoms with E-state index in [1.54, 1.807) is 38.1 Å². The SMILES string of the molecule is CCOC(=O)O[C@@](Cn1cncn1)(c1ccc(F)cc1F)C(C)c1nc(-c2ccc(C#N)cc2)cs1. The van der Waals surface area contributed by atoms with E-state index in [2.05, 4.69) is 16.2 Å². The van der Waals surface area contributed by atoms with Gasteiger partial charge in [-0.3, -0.25) is 0 Å². The summed E-state index contributed by atoms with van der Waals surface area (Å²) in [5, 5.41) is 15.5. The Kier molecular flexibility index (Phi) is 7.36. The lowest BCUT2D eigenvalue weighted by molar-refractivity contribution is -0.0650. The maximum Gasteiger partial charge on any atom is 0.509 e. The number of carbonyl (C=O) groups is 1. The van der Waals surface area contributed by atoms with Crippen LogP contribution in [0.2, 0.25) is 0 Å². The maximum absolute atomic E-state index is 15.3. The average Bonchev–Trinajstić information content (AvgIpc) is 3.56. The molecule has 0 radical (unpaired) electrons. The van der Waals surface area contributed by atoms with Crippen molar-refractivity contribution >= 4 is 17.5 Å². The number of benzene rings is 2. The fraction of sp³-hybridized carbons (Fsp3) is 0.240. The van der Waals surface area contributed by atoms with Gasteiger partial charge < -0.3 is 9.47 Å². The molecule has 2 aromatic heterocycles. The highest BCUT2D eigenvalue weighted by Crippen LogP contribution is 2.44. The first kappa shape index (κ1) is 24.9. The van der Waals surface area contributed by atoms with Gasteiger partial charge >= 0.3 is 6.16 Å². The van der Waals surface area contributed by atoms with Crippen molar-refractivity contribution in [3.8, 4) is 17.3 Å². The quantitative estimate of drug-likeness (QED) is 0.292. The summed E-state index contributed by atoms with van der Waals surface area (Å²) in [5.41, 5.74) is 0.165. The van der Waals surface area contributed by atoms with Crippen molar-refractivity contribution in [3.63, 3.8) is 0 Å². The largest absolute Gasteiger partial charge is 0.509 e. The van der Waals surface area contributed by atoms with Crippen LogP contribution in [-0.2, 0) is 21.6 Å². The van der Waals surface area contributed by atoms with E-state index in [1.807, 2.05) is 5.38 Å². The number of nitriles is 1. The van der Waals surface area contributed by atoms with Gasteiger partial charge in [0.25, 0.3) is 0 Å². The molecule has 0 spiro atoms. The molecule has 184 valence electrons. The zero-order valence-corrected chi connectivity index (χ0v) is 20.2. The van der Waals surface area contributed by atoms with Crippen LogP contribution in [0.5, 0.6) is 0 Å².